The molecule has 7 heteroatoms. The molecular formula is C18H19N3O2S2. The van der Waals surface area contributed by atoms with Crippen molar-refractivity contribution in [2.75, 3.05) is 5.32 Å². The van der Waals surface area contributed by atoms with Gasteiger partial charge in [0.05, 0.1) is 10.1 Å². The Balaban J connectivity index is 1.59. The molecule has 0 saturated carbocycles. The number of thioether (sulfide) groups is 1. The molecular weight excluding hydrogens is 354 g/mol. The monoisotopic (exact) mass is 373 g/mol. The Labute approximate surface area is 155 Å². The fourth-order valence-electron chi connectivity index (χ4n) is 2.63. The van der Waals surface area contributed by atoms with Crippen LogP contribution in [0.2, 0.25) is 0 Å². The third kappa shape index (κ3) is 4.35. The first-order valence-electron chi connectivity index (χ1n) is 7.97. The summed E-state index contributed by atoms with van der Waals surface area (Å²) in [7, 11) is 0. The van der Waals surface area contributed by atoms with E-state index in [1.807, 2.05) is 44.4 Å². The van der Waals surface area contributed by atoms with Gasteiger partial charge in [-0.25, -0.2) is 9.98 Å². The summed E-state index contributed by atoms with van der Waals surface area (Å²) in [4.78, 5) is 32.9. The van der Waals surface area contributed by atoms with Crippen molar-refractivity contribution in [3.8, 4) is 0 Å². The molecule has 1 aromatic heterocycles. The number of para-hydroxylation sites is 1. The lowest BCUT2D eigenvalue weighted by Crippen LogP contribution is -2.22. The number of nitrogens with one attached hydrogen (secondary N) is 1. The number of benzene rings is 1. The smallest absolute Gasteiger partial charge is 0.260 e. The highest BCUT2D eigenvalue weighted by Crippen LogP contribution is 2.29. The Hall–Kier alpha value is -1.99. The van der Waals surface area contributed by atoms with Crippen molar-refractivity contribution in [1.29, 1.82) is 0 Å². The first-order valence-corrected chi connectivity index (χ1v) is 9.73. The number of amides is 2. The minimum atomic E-state index is -0.444. The highest BCUT2D eigenvalue weighted by atomic mass is 32.2. The Bertz CT molecular complexity index is 838. The lowest BCUT2D eigenvalue weighted by Gasteiger charge is -2.12. The maximum absolute atomic E-state index is 12.3. The summed E-state index contributed by atoms with van der Waals surface area (Å²) in [5.41, 5.74) is 3.81. The highest BCUT2D eigenvalue weighted by Gasteiger charge is 2.30. The van der Waals surface area contributed by atoms with Gasteiger partial charge < -0.3 is 5.32 Å². The molecule has 1 N–H and O–H groups in total. The van der Waals surface area contributed by atoms with E-state index >= 15 is 0 Å². The zero-order chi connectivity index (χ0) is 18.0. The maximum atomic E-state index is 12.3. The van der Waals surface area contributed by atoms with Crippen LogP contribution < -0.4 is 5.32 Å². The van der Waals surface area contributed by atoms with Crippen molar-refractivity contribution in [3.05, 3.63) is 45.4 Å². The number of hydrogen-bond donors (Lipinski definition) is 1. The minimum Gasteiger partial charge on any atom is -0.326 e. The van der Waals surface area contributed by atoms with Gasteiger partial charge in [-0.3, -0.25) is 9.59 Å². The molecule has 0 spiro atoms. The molecule has 5 nitrogen and oxygen atoms in total. The van der Waals surface area contributed by atoms with Gasteiger partial charge in [0.2, 0.25) is 5.91 Å². The average Bonchev–Trinajstić information content (AvgIpc) is 3.09. The second kappa shape index (κ2) is 7.49. The second-order valence-electron chi connectivity index (χ2n) is 6.03. The Morgan fingerprint density at radius 1 is 1.24 bits per heavy atom. The summed E-state index contributed by atoms with van der Waals surface area (Å²) in [5.74, 6) is -0.394. The average molecular weight is 374 g/mol. The van der Waals surface area contributed by atoms with E-state index in [0.717, 1.165) is 32.6 Å². The zero-order valence-electron chi connectivity index (χ0n) is 14.3. The van der Waals surface area contributed by atoms with E-state index in [4.69, 9.17) is 0 Å². The molecule has 25 heavy (non-hydrogen) atoms. The summed E-state index contributed by atoms with van der Waals surface area (Å²) < 4.78 is 0. The normalized spacial score (nSPS) is 16.8. The fourth-order valence-corrected chi connectivity index (χ4v) is 4.58. The molecule has 0 radical (unpaired) electrons. The summed E-state index contributed by atoms with van der Waals surface area (Å²) in [5, 5.41) is 6.14. The molecule has 2 amide bonds. The van der Waals surface area contributed by atoms with Crippen molar-refractivity contribution in [1.82, 2.24) is 4.98 Å². The third-order valence-electron chi connectivity index (χ3n) is 3.87. The molecule has 0 fully saturated rings. The van der Waals surface area contributed by atoms with E-state index in [9.17, 15) is 9.59 Å². The Morgan fingerprint density at radius 3 is 2.60 bits per heavy atom. The van der Waals surface area contributed by atoms with Crippen molar-refractivity contribution >= 4 is 45.6 Å². The minimum absolute atomic E-state index is 0.126. The molecule has 1 aliphatic heterocycles. The van der Waals surface area contributed by atoms with Gasteiger partial charge >= 0.3 is 0 Å². The van der Waals surface area contributed by atoms with Crippen LogP contribution in [0, 0.1) is 20.8 Å². The number of hydrogen-bond acceptors (Lipinski definition) is 5. The van der Waals surface area contributed by atoms with E-state index in [1.54, 1.807) is 11.3 Å². The highest BCUT2D eigenvalue weighted by molar-refractivity contribution is 8.15. The van der Waals surface area contributed by atoms with Crippen LogP contribution in [0.3, 0.4) is 0 Å². The SMILES string of the molecule is Cc1csc(CC2=NC(=O)[C@@H](CC(=O)Nc3c(C)cccc3C)S2)n1. The van der Waals surface area contributed by atoms with Crippen LogP contribution in [0.25, 0.3) is 0 Å². The molecule has 130 valence electrons. The summed E-state index contributed by atoms with van der Waals surface area (Å²) in [6, 6.07) is 5.86. The molecule has 0 saturated heterocycles. The summed E-state index contributed by atoms with van der Waals surface area (Å²) >= 11 is 2.94. The van der Waals surface area contributed by atoms with Gasteiger partial charge in [0.15, 0.2) is 0 Å². The van der Waals surface area contributed by atoms with Crippen molar-refractivity contribution in [2.45, 2.75) is 38.9 Å². The van der Waals surface area contributed by atoms with Gasteiger partial charge in [0, 0.05) is 29.6 Å². The Morgan fingerprint density at radius 2 is 1.96 bits per heavy atom. The Kier molecular flexibility index (Phi) is 5.34. The number of aliphatic imine (C=N–C) groups is 1. The molecule has 1 atom stereocenters. The largest absolute Gasteiger partial charge is 0.326 e. The van der Waals surface area contributed by atoms with Gasteiger partial charge in [-0.05, 0) is 31.9 Å². The predicted octanol–water partition coefficient (Wildman–Crippen LogP) is 3.68. The van der Waals surface area contributed by atoms with Crippen molar-refractivity contribution < 1.29 is 9.59 Å². The van der Waals surface area contributed by atoms with Gasteiger partial charge in [-0.2, -0.15) is 0 Å². The van der Waals surface area contributed by atoms with Gasteiger partial charge in [-0.15, -0.1) is 11.3 Å². The van der Waals surface area contributed by atoms with Crippen LogP contribution >= 0.6 is 23.1 Å². The number of nitrogens with zero attached hydrogens (tertiary/aromatic N) is 2. The van der Waals surface area contributed by atoms with E-state index in [1.165, 1.54) is 11.8 Å². The first kappa shape index (κ1) is 17.8. The molecule has 1 aliphatic rings. The maximum Gasteiger partial charge on any atom is 0.260 e. The molecule has 0 aliphatic carbocycles. The standard InChI is InChI=1S/C18H19N3O2S2/c1-10-5-4-6-11(2)17(10)20-14(22)7-13-18(23)21-16(25-13)8-15-19-12(3)9-24-15/h4-6,9,13H,7-8H2,1-3H3,(H,20,22)/t13-/m1/s1. The van der Waals surface area contributed by atoms with Gasteiger partial charge in [-0.1, -0.05) is 30.0 Å². The van der Waals surface area contributed by atoms with E-state index < -0.39 is 5.25 Å². The third-order valence-corrected chi connectivity index (χ3v) is 6.00. The number of thiazole rings is 1. The van der Waals surface area contributed by atoms with E-state index in [0.29, 0.717) is 6.42 Å². The quantitative estimate of drug-likeness (QED) is 0.868. The molecule has 3 rings (SSSR count). The van der Waals surface area contributed by atoms with Gasteiger partial charge in [0.1, 0.15) is 5.25 Å². The summed E-state index contributed by atoms with van der Waals surface area (Å²) in [6.07, 6.45) is 0.686. The van der Waals surface area contributed by atoms with Crippen LogP contribution in [0.15, 0.2) is 28.6 Å². The first-order chi connectivity index (χ1) is 11.9. The van der Waals surface area contributed by atoms with Crippen LogP contribution in [0.4, 0.5) is 5.69 Å². The molecule has 2 heterocycles. The van der Waals surface area contributed by atoms with Gasteiger partial charge in [0.25, 0.3) is 5.91 Å². The van der Waals surface area contributed by atoms with Crippen LogP contribution in [-0.2, 0) is 16.0 Å². The predicted molar refractivity (Wildman–Crippen MR) is 104 cm³/mol. The van der Waals surface area contributed by atoms with E-state index in [2.05, 4.69) is 15.3 Å². The van der Waals surface area contributed by atoms with Crippen molar-refractivity contribution in [3.63, 3.8) is 0 Å². The zero-order valence-corrected chi connectivity index (χ0v) is 16.0. The molecule has 1 aromatic carbocycles. The number of anilines is 1. The van der Waals surface area contributed by atoms with Crippen LogP contribution in [0.1, 0.15) is 28.2 Å². The topological polar surface area (TPSA) is 71.4 Å². The number of carbonyl (C=O) groups is 2. The number of aryl methyl sites for hydroxylation is 3. The lowest BCUT2D eigenvalue weighted by molar-refractivity contribution is -0.121. The number of carbonyl (C=O) groups excluding carboxylic acids is 2. The van der Waals surface area contributed by atoms with E-state index in [-0.39, 0.29) is 18.2 Å². The number of rotatable bonds is 5. The van der Waals surface area contributed by atoms with Crippen molar-refractivity contribution in [2.24, 2.45) is 4.99 Å². The van der Waals surface area contributed by atoms with Crippen LogP contribution in [-0.4, -0.2) is 27.1 Å². The second-order valence-corrected chi connectivity index (χ2v) is 8.25. The van der Waals surface area contributed by atoms with Crippen LogP contribution in [0.5, 0.6) is 0 Å². The summed E-state index contributed by atoms with van der Waals surface area (Å²) in [6.45, 7) is 5.85. The molecule has 2 aromatic rings. The molecule has 0 unspecified atom stereocenters. The number of aromatic nitrogens is 1. The lowest BCUT2D eigenvalue weighted by atomic mass is 10.1. The fraction of sp³-hybridized carbons (Fsp3) is 0.333. The molecule has 0 bridgehead atoms.